The Morgan fingerprint density at radius 3 is 1.46 bits per heavy atom. The molecule has 0 unspecified atom stereocenters. The van der Waals surface area contributed by atoms with Crippen LogP contribution in [0.4, 0.5) is 0 Å². The summed E-state index contributed by atoms with van der Waals surface area (Å²) in [6.45, 7) is 4.90. The number of hydrogen-bond acceptors (Lipinski definition) is 3. The zero-order valence-corrected chi connectivity index (χ0v) is 36.9. The van der Waals surface area contributed by atoms with Gasteiger partial charge in [0.25, 0.3) is 0 Å². The molecule has 12 aromatic rings. The molecule has 13 rings (SSSR count). The maximum absolute atomic E-state index is 5.39. The topological polar surface area (TPSA) is 48.5 Å². The van der Waals surface area contributed by atoms with E-state index in [9.17, 15) is 0 Å². The van der Waals surface area contributed by atoms with Crippen LogP contribution in [0.1, 0.15) is 0 Å². The lowest BCUT2D eigenvalue weighted by molar-refractivity contribution is 1.07. The highest BCUT2D eigenvalue weighted by Gasteiger charge is 2.37. The van der Waals surface area contributed by atoms with Crippen molar-refractivity contribution >= 4 is 62.1 Å². The summed E-state index contributed by atoms with van der Waals surface area (Å²) in [7, 11) is -1.95. The molecule has 306 valence electrons. The summed E-state index contributed by atoms with van der Waals surface area (Å²) in [4.78, 5) is 15.9. The molecule has 1 aliphatic rings. The minimum absolute atomic E-state index is 0.625. The number of benzene rings is 9. The third kappa shape index (κ3) is 5.88. The Hall–Kier alpha value is -8.19. The van der Waals surface area contributed by atoms with E-state index in [-0.39, 0.29) is 0 Å². The van der Waals surface area contributed by atoms with Gasteiger partial charge in [0.2, 0.25) is 0 Å². The summed E-state index contributed by atoms with van der Waals surface area (Å²) in [5.41, 5.74) is 14.5. The fourth-order valence-electron chi connectivity index (χ4n) is 10.4. The average molecular weight is 848 g/mol. The summed E-state index contributed by atoms with van der Waals surface area (Å²) >= 11 is 0. The smallest absolute Gasteiger partial charge is 0.164 e. The van der Waals surface area contributed by atoms with Crippen molar-refractivity contribution in [3.05, 3.63) is 212 Å². The Bertz CT molecular complexity index is 3810. The first kappa shape index (κ1) is 37.4. The fourth-order valence-corrected chi connectivity index (χ4v) is 13.5. The van der Waals surface area contributed by atoms with E-state index in [2.05, 4.69) is 216 Å². The molecule has 4 heterocycles. The van der Waals surface area contributed by atoms with Crippen LogP contribution in [0.5, 0.6) is 0 Å². The molecule has 5 nitrogen and oxygen atoms in total. The molecule has 0 bridgehead atoms. The van der Waals surface area contributed by atoms with E-state index in [1.165, 1.54) is 54.1 Å². The molecular weight excluding hydrogens is 807 g/mol. The molecule has 0 N–H and O–H groups in total. The van der Waals surface area contributed by atoms with Crippen LogP contribution in [0.25, 0.3) is 111 Å². The summed E-state index contributed by atoms with van der Waals surface area (Å²) in [5, 5.41) is 7.76. The number of aromatic nitrogens is 5. The van der Waals surface area contributed by atoms with Crippen LogP contribution in [0.3, 0.4) is 0 Å². The maximum atomic E-state index is 5.39. The summed E-state index contributed by atoms with van der Waals surface area (Å²) in [5.74, 6) is 1.93. The second-order valence-corrected chi connectivity index (χ2v) is 22.0. The molecule has 0 amide bonds. The summed E-state index contributed by atoms with van der Waals surface area (Å²) < 4.78 is 4.82. The quantitative estimate of drug-likeness (QED) is 0.157. The second kappa shape index (κ2) is 14.4. The van der Waals surface area contributed by atoms with E-state index in [0.29, 0.717) is 17.5 Å². The third-order valence-electron chi connectivity index (χ3n) is 13.5. The number of hydrogen-bond donors (Lipinski definition) is 0. The van der Waals surface area contributed by atoms with E-state index in [4.69, 9.17) is 15.0 Å². The third-order valence-corrected chi connectivity index (χ3v) is 17.1. The van der Waals surface area contributed by atoms with Gasteiger partial charge in [-0.3, -0.25) is 0 Å². The Balaban J connectivity index is 1.05. The van der Waals surface area contributed by atoms with Crippen molar-refractivity contribution in [1.29, 1.82) is 0 Å². The number of para-hydroxylation sites is 3. The minimum Gasteiger partial charge on any atom is -0.309 e. The van der Waals surface area contributed by atoms with Crippen molar-refractivity contribution in [1.82, 2.24) is 24.1 Å². The van der Waals surface area contributed by atoms with Gasteiger partial charge < -0.3 is 9.13 Å². The second-order valence-electron chi connectivity index (χ2n) is 17.7. The molecule has 0 radical (unpaired) electrons. The van der Waals surface area contributed by atoms with Crippen molar-refractivity contribution in [2.24, 2.45) is 0 Å². The van der Waals surface area contributed by atoms with Gasteiger partial charge in [0.15, 0.2) is 17.5 Å². The van der Waals surface area contributed by atoms with Crippen LogP contribution in [0.2, 0.25) is 13.1 Å². The predicted octanol–water partition coefficient (Wildman–Crippen LogP) is 13.5. The lowest BCUT2D eigenvalue weighted by atomic mass is 10.0. The molecule has 65 heavy (non-hydrogen) atoms. The van der Waals surface area contributed by atoms with Crippen LogP contribution >= 0.6 is 0 Å². The van der Waals surface area contributed by atoms with Gasteiger partial charge >= 0.3 is 0 Å². The van der Waals surface area contributed by atoms with Crippen LogP contribution in [-0.2, 0) is 0 Å². The van der Waals surface area contributed by atoms with Gasteiger partial charge in [0, 0.05) is 49.6 Å². The van der Waals surface area contributed by atoms with Gasteiger partial charge in [0.1, 0.15) is 8.07 Å². The Labute approximate surface area is 377 Å². The molecule has 0 saturated heterocycles. The van der Waals surface area contributed by atoms with Gasteiger partial charge in [0.05, 0.1) is 22.1 Å². The number of rotatable bonds is 6. The molecule has 0 saturated carbocycles. The van der Waals surface area contributed by atoms with Crippen molar-refractivity contribution in [3.63, 3.8) is 0 Å². The van der Waals surface area contributed by atoms with E-state index in [1.54, 1.807) is 0 Å². The lowest BCUT2D eigenvalue weighted by Crippen LogP contribution is -2.49. The van der Waals surface area contributed by atoms with E-state index in [0.717, 1.165) is 50.2 Å². The zero-order valence-electron chi connectivity index (χ0n) is 35.9. The molecule has 0 atom stereocenters. The van der Waals surface area contributed by atoms with E-state index >= 15 is 0 Å². The van der Waals surface area contributed by atoms with Crippen LogP contribution in [0, 0.1) is 0 Å². The average Bonchev–Trinajstić information content (AvgIpc) is 3.96. The highest BCUT2D eigenvalue weighted by Crippen LogP contribution is 2.39. The van der Waals surface area contributed by atoms with Gasteiger partial charge in [-0.25, -0.2) is 15.0 Å². The Kier molecular flexibility index (Phi) is 8.29. The van der Waals surface area contributed by atoms with E-state index in [1.807, 2.05) is 18.2 Å². The fraction of sp³-hybridized carbons (Fsp3) is 0.0339. The first-order valence-electron chi connectivity index (χ1n) is 22.3. The zero-order chi connectivity index (χ0) is 43.2. The molecule has 3 aromatic heterocycles. The normalized spacial score (nSPS) is 12.9. The minimum atomic E-state index is -1.95. The van der Waals surface area contributed by atoms with Crippen LogP contribution in [0.15, 0.2) is 212 Å². The first-order valence-corrected chi connectivity index (χ1v) is 25.3. The molecule has 0 aliphatic carbocycles. The SMILES string of the molecule is C[Si]1(C)c2ccccc2-c2ccc(-c3nc(-c4ccccc4)nc(-c4cc(-c5ccccc5)cc(-n5c6ccccc6c6ccc(-n7c8ccccc8c8ccccc87)cc65)c4)n3)cc21. The van der Waals surface area contributed by atoms with Crippen molar-refractivity contribution in [2.75, 3.05) is 0 Å². The molecule has 0 spiro atoms. The Morgan fingerprint density at radius 1 is 0.308 bits per heavy atom. The molecule has 9 aromatic carbocycles. The summed E-state index contributed by atoms with van der Waals surface area (Å²) in [6, 6.07) is 76.5. The maximum Gasteiger partial charge on any atom is 0.164 e. The van der Waals surface area contributed by atoms with Crippen LogP contribution in [-0.4, -0.2) is 32.2 Å². The van der Waals surface area contributed by atoms with Crippen molar-refractivity contribution < 1.29 is 0 Å². The van der Waals surface area contributed by atoms with Gasteiger partial charge in [-0.1, -0.05) is 177 Å². The first-order chi connectivity index (χ1) is 32.0. The molecular formula is C59H41N5Si. The molecule has 6 heteroatoms. The van der Waals surface area contributed by atoms with Gasteiger partial charge in [-0.05, 0) is 81.2 Å². The van der Waals surface area contributed by atoms with Crippen molar-refractivity contribution in [2.45, 2.75) is 13.1 Å². The van der Waals surface area contributed by atoms with Crippen LogP contribution < -0.4 is 10.4 Å². The predicted molar refractivity (Wildman–Crippen MR) is 272 cm³/mol. The Morgan fingerprint density at radius 2 is 0.800 bits per heavy atom. The molecule has 1 aliphatic heterocycles. The lowest BCUT2D eigenvalue weighted by Gasteiger charge is -2.19. The highest BCUT2D eigenvalue weighted by molar-refractivity contribution is 7.03. The monoisotopic (exact) mass is 847 g/mol. The van der Waals surface area contributed by atoms with E-state index < -0.39 is 8.07 Å². The van der Waals surface area contributed by atoms with Crippen molar-refractivity contribution in [3.8, 4) is 67.8 Å². The molecule has 0 fully saturated rings. The highest BCUT2D eigenvalue weighted by atomic mass is 28.3. The number of nitrogens with zero attached hydrogens (tertiary/aromatic N) is 5. The largest absolute Gasteiger partial charge is 0.309 e. The number of fused-ring (bicyclic) bond motifs is 9. The summed E-state index contributed by atoms with van der Waals surface area (Å²) in [6.07, 6.45) is 0. The van der Waals surface area contributed by atoms with Gasteiger partial charge in [-0.2, -0.15) is 0 Å². The standard InChI is InChI=1S/C59H41N5Si/c1-65(2)55-28-16-12-24-49(55)50-31-29-40(36-56(50)65)58-60-57(39-19-7-4-8-20-39)61-59(62-58)42-33-41(38-17-5-3-6-18-38)34-44(35-42)64-53-27-15-11-23-47(53)48-32-30-43(37-54(48)64)63-51-25-13-9-21-45(51)46-22-10-14-26-52(46)63/h3-37H,1-2H3. The van der Waals surface area contributed by atoms with Gasteiger partial charge in [-0.15, -0.1) is 0 Å².